The summed E-state index contributed by atoms with van der Waals surface area (Å²) in [5.74, 6) is 0.442. The van der Waals surface area contributed by atoms with Crippen LogP contribution in [0, 0.1) is 5.92 Å². The van der Waals surface area contributed by atoms with Gasteiger partial charge in [-0.15, -0.1) is 0 Å². The zero-order chi connectivity index (χ0) is 15.9. The molecule has 2 aromatic rings. The van der Waals surface area contributed by atoms with E-state index in [4.69, 9.17) is 0 Å². The van der Waals surface area contributed by atoms with Crippen LogP contribution in [0.4, 0.5) is 0 Å². The van der Waals surface area contributed by atoms with Gasteiger partial charge in [0.25, 0.3) is 5.56 Å². The van der Waals surface area contributed by atoms with Crippen LogP contribution in [0.5, 0.6) is 0 Å². The molecule has 8 nitrogen and oxygen atoms in total. The molecule has 1 N–H and O–H groups in total. The van der Waals surface area contributed by atoms with Gasteiger partial charge in [0.1, 0.15) is 11.9 Å². The lowest BCUT2D eigenvalue weighted by Crippen LogP contribution is -2.37. The van der Waals surface area contributed by atoms with E-state index >= 15 is 0 Å². The molecule has 0 aliphatic carbocycles. The lowest BCUT2D eigenvalue weighted by atomic mass is 10.1. The number of carbonyl (C=O) groups is 1. The van der Waals surface area contributed by atoms with E-state index < -0.39 is 0 Å². The van der Waals surface area contributed by atoms with Gasteiger partial charge in [-0.1, -0.05) is 6.92 Å². The van der Waals surface area contributed by atoms with E-state index in [0.717, 1.165) is 13.1 Å². The first-order chi connectivity index (χ1) is 10.5. The van der Waals surface area contributed by atoms with Crippen molar-refractivity contribution in [2.75, 3.05) is 27.2 Å². The zero-order valence-electron chi connectivity index (χ0n) is 13.0. The van der Waals surface area contributed by atoms with Crippen LogP contribution in [-0.4, -0.2) is 68.7 Å². The normalized spacial score (nSPS) is 21.9. The molecule has 0 bridgehead atoms. The molecule has 1 amide bonds. The Morgan fingerprint density at radius 2 is 2.23 bits per heavy atom. The summed E-state index contributed by atoms with van der Waals surface area (Å²) < 4.78 is 1.49. The van der Waals surface area contributed by atoms with E-state index in [9.17, 15) is 9.59 Å². The first kappa shape index (κ1) is 14.7. The number of nitrogens with zero attached hydrogens (tertiary/aromatic N) is 5. The predicted octanol–water partition coefficient (Wildman–Crippen LogP) is -0.472. The standard InChI is InChI=1S/C14H20N6O2/c1-9-5-19(6-11(9)18(2)3)12(21)7-20-13-10(4-17-20)14(22)16-8-15-13/h4,8-9,11H,5-7H2,1-3H3,(H,15,16,22)/t9-,11-/m1/s1. The molecule has 118 valence electrons. The fraction of sp³-hybridized carbons (Fsp3) is 0.571. The van der Waals surface area contributed by atoms with Crippen LogP contribution in [0.1, 0.15) is 6.92 Å². The van der Waals surface area contributed by atoms with E-state index in [0.29, 0.717) is 23.0 Å². The van der Waals surface area contributed by atoms with Gasteiger partial charge in [-0.25, -0.2) is 9.67 Å². The number of nitrogens with one attached hydrogen (secondary N) is 1. The molecular formula is C14H20N6O2. The minimum absolute atomic E-state index is 0.00304. The van der Waals surface area contributed by atoms with Crippen LogP contribution in [0.2, 0.25) is 0 Å². The Bertz CT molecular complexity index is 749. The molecule has 1 aliphatic rings. The monoisotopic (exact) mass is 304 g/mol. The third kappa shape index (κ3) is 2.50. The maximum atomic E-state index is 12.5. The SMILES string of the molecule is C[C@@H]1CN(C(=O)Cn2ncc3c(=O)[nH]cnc32)C[C@H]1N(C)C. The molecule has 1 aliphatic heterocycles. The Labute approximate surface area is 127 Å². The molecule has 1 fully saturated rings. The number of rotatable bonds is 3. The lowest BCUT2D eigenvalue weighted by Gasteiger charge is -2.22. The van der Waals surface area contributed by atoms with Crippen molar-refractivity contribution in [3.8, 4) is 0 Å². The van der Waals surface area contributed by atoms with Crippen LogP contribution >= 0.6 is 0 Å². The van der Waals surface area contributed by atoms with Crippen LogP contribution in [0.25, 0.3) is 11.0 Å². The zero-order valence-corrected chi connectivity index (χ0v) is 13.0. The van der Waals surface area contributed by atoms with Crippen LogP contribution in [-0.2, 0) is 11.3 Å². The van der Waals surface area contributed by atoms with Crippen molar-refractivity contribution < 1.29 is 4.79 Å². The number of hydrogen-bond acceptors (Lipinski definition) is 5. The van der Waals surface area contributed by atoms with Crippen molar-refractivity contribution in [1.82, 2.24) is 29.5 Å². The molecule has 22 heavy (non-hydrogen) atoms. The topological polar surface area (TPSA) is 87.1 Å². The fourth-order valence-electron chi connectivity index (χ4n) is 3.07. The third-order valence-corrected chi connectivity index (χ3v) is 4.31. The van der Waals surface area contributed by atoms with Gasteiger partial charge in [-0.05, 0) is 20.0 Å². The minimum atomic E-state index is -0.244. The molecule has 2 aromatic heterocycles. The summed E-state index contributed by atoms with van der Waals surface area (Å²) in [5.41, 5.74) is 0.194. The Morgan fingerprint density at radius 1 is 1.45 bits per heavy atom. The van der Waals surface area contributed by atoms with Gasteiger partial charge in [-0.3, -0.25) is 9.59 Å². The maximum Gasteiger partial charge on any atom is 0.261 e. The number of hydrogen-bond donors (Lipinski definition) is 1. The van der Waals surface area contributed by atoms with Crippen molar-refractivity contribution >= 4 is 16.9 Å². The molecule has 8 heteroatoms. The van der Waals surface area contributed by atoms with Gasteiger partial charge in [0, 0.05) is 19.1 Å². The van der Waals surface area contributed by atoms with Crippen molar-refractivity contribution in [2.45, 2.75) is 19.5 Å². The molecule has 0 radical (unpaired) electrons. The van der Waals surface area contributed by atoms with Gasteiger partial charge in [0.05, 0.1) is 12.5 Å². The number of fused-ring (bicyclic) bond motifs is 1. The van der Waals surface area contributed by atoms with E-state index in [1.54, 1.807) is 0 Å². The van der Waals surface area contributed by atoms with Crippen molar-refractivity contribution in [3.05, 3.63) is 22.9 Å². The molecule has 3 heterocycles. The van der Waals surface area contributed by atoms with E-state index in [2.05, 4.69) is 26.9 Å². The van der Waals surface area contributed by atoms with Crippen LogP contribution in [0.3, 0.4) is 0 Å². The van der Waals surface area contributed by atoms with E-state index in [-0.39, 0.29) is 18.0 Å². The molecule has 0 spiro atoms. The lowest BCUT2D eigenvalue weighted by molar-refractivity contribution is -0.131. The number of amides is 1. The molecule has 0 unspecified atom stereocenters. The van der Waals surface area contributed by atoms with Crippen molar-refractivity contribution in [2.24, 2.45) is 5.92 Å². The second-order valence-electron chi connectivity index (χ2n) is 6.08. The summed E-state index contributed by atoms with van der Waals surface area (Å²) in [6.07, 6.45) is 2.77. The average molecular weight is 304 g/mol. The number of aromatic amines is 1. The van der Waals surface area contributed by atoms with Gasteiger partial charge >= 0.3 is 0 Å². The molecule has 1 saturated heterocycles. The Hall–Kier alpha value is -2.22. The van der Waals surface area contributed by atoms with Crippen LogP contribution in [0.15, 0.2) is 17.3 Å². The summed E-state index contributed by atoms with van der Waals surface area (Å²) in [6.45, 7) is 3.73. The number of likely N-dealkylation sites (tertiary alicyclic amines) is 1. The fourth-order valence-corrected chi connectivity index (χ4v) is 3.07. The van der Waals surface area contributed by atoms with Gasteiger partial charge < -0.3 is 14.8 Å². The first-order valence-electron chi connectivity index (χ1n) is 7.30. The summed E-state index contributed by atoms with van der Waals surface area (Å²) in [4.78, 5) is 34.8. The van der Waals surface area contributed by atoms with E-state index in [1.165, 1.54) is 17.2 Å². The highest BCUT2D eigenvalue weighted by molar-refractivity contribution is 5.79. The minimum Gasteiger partial charge on any atom is -0.339 e. The number of H-pyrrole nitrogens is 1. The summed E-state index contributed by atoms with van der Waals surface area (Å²) in [6, 6.07) is 0.374. The number of aromatic nitrogens is 4. The third-order valence-electron chi connectivity index (χ3n) is 4.31. The first-order valence-corrected chi connectivity index (χ1v) is 7.30. The second-order valence-corrected chi connectivity index (χ2v) is 6.08. The largest absolute Gasteiger partial charge is 0.339 e. The number of carbonyl (C=O) groups excluding carboxylic acids is 1. The van der Waals surface area contributed by atoms with E-state index in [1.807, 2.05) is 19.0 Å². The smallest absolute Gasteiger partial charge is 0.261 e. The Morgan fingerprint density at radius 3 is 2.91 bits per heavy atom. The highest BCUT2D eigenvalue weighted by Crippen LogP contribution is 2.20. The average Bonchev–Trinajstić information content (AvgIpc) is 3.04. The summed E-state index contributed by atoms with van der Waals surface area (Å²) in [7, 11) is 4.07. The quantitative estimate of drug-likeness (QED) is 0.828. The summed E-state index contributed by atoms with van der Waals surface area (Å²) >= 11 is 0. The molecule has 3 rings (SSSR count). The van der Waals surface area contributed by atoms with Crippen LogP contribution < -0.4 is 5.56 Å². The molecule has 0 aromatic carbocycles. The maximum absolute atomic E-state index is 12.5. The second kappa shape index (κ2) is 5.53. The predicted molar refractivity (Wildman–Crippen MR) is 81.4 cm³/mol. The van der Waals surface area contributed by atoms with Gasteiger partial charge in [-0.2, -0.15) is 5.10 Å². The Balaban J connectivity index is 1.77. The van der Waals surface area contributed by atoms with Gasteiger partial charge in [0.15, 0.2) is 5.65 Å². The number of likely N-dealkylation sites (N-methyl/N-ethyl adjacent to an activating group) is 1. The molecular weight excluding hydrogens is 284 g/mol. The highest BCUT2D eigenvalue weighted by Gasteiger charge is 2.33. The Kier molecular flexibility index (Phi) is 3.69. The van der Waals surface area contributed by atoms with Gasteiger partial charge in [0.2, 0.25) is 5.91 Å². The summed E-state index contributed by atoms with van der Waals surface area (Å²) in [5, 5.41) is 4.52. The van der Waals surface area contributed by atoms with Crippen molar-refractivity contribution in [3.63, 3.8) is 0 Å². The molecule has 0 saturated carbocycles. The molecule has 2 atom stereocenters. The highest BCUT2D eigenvalue weighted by atomic mass is 16.2. The van der Waals surface area contributed by atoms with Crippen molar-refractivity contribution in [1.29, 1.82) is 0 Å².